The molecule has 2 N–H and O–H groups in total. The highest BCUT2D eigenvalue weighted by Gasteiger charge is 2.26. The Kier molecular flexibility index (Phi) is 4.02. The normalized spacial score (nSPS) is 29.0. The first-order chi connectivity index (χ1) is 5.68. The molecule has 12 heavy (non-hydrogen) atoms. The molecule has 0 atom stereocenters. The SMILES string of the molecule is CC(C)CCNCC1CC(O)C1. The molecule has 0 aromatic heterocycles. The summed E-state index contributed by atoms with van der Waals surface area (Å²) in [6.45, 7) is 6.72. The van der Waals surface area contributed by atoms with Gasteiger partial charge in [0, 0.05) is 0 Å². The van der Waals surface area contributed by atoms with Crippen LogP contribution in [0, 0.1) is 11.8 Å². The summed E-state index contributed by atoms with van der Waals surface area (Å²) in [6.07, 6.45) is 3.28. The third kappa shape index (κ3) is 3.55. The average molecular weight is 171 g/mol. The summed E-state index contributed by atoms with van der Waals surface area (Å²) in [7, 11) is 0. The van der Waals surface area contributed by atoms with Gasteiger partial charge in [0.15, 0.2) is 0 Å². The first kappa shape index (κ1) is 10.0. The molecule has 0 aromatic rings. The molecule has 0 saturated heterocycles. The molecule has 1 aliphatic carbocycles. The molecule has 72 valence electrons. The highest BCUT2D eigenvalue weighted by atomic mass is 16.3. The van der Waals surface area contributed by atoms with Crippen molar-refractivity contribution in [2.24, 2.45) is 11.8 Å². The zero-order chi connectivity index (χ0) is 8.97. The Morgan fingerprint density at radius 1 is 1.42 bits per heavy atom. The number of hydrogen-bond donors (Lipinski definition) is 2. The molecule has 1 fully saturated rings. The van der Waals surface area contributed by atoms with Crippen LogP contribution >= 0.6 is 0 Å². The lowest BCUT2D eigenvalue weighted by Crippen LogP contribution is -2.36. The molecular formula is C10H21NO. The largest absolute Gasteiger partial charge is 0.393 e. The van der Waals surface area contributed by atoms with E-state index in [0.29, 0.717) is 0 Å². The minimum absolute atomic E-state index is 0.00176. The van der Waals surface area contributed by atoms with E-state index >= 15 is 0 Å². The van der Waals surface area contributed by atoms with Gasteiger partial charge in [0.2, 0.25) is 0 Å². The van der Waals surface area contributed by atoms with Crippen molar-refractivity contribution < 1.29 is 5.11 Å². The Morgan fingerprint density at radius 3 is 2.58 bits per heavy atom. The van der Waals surface area contributed by atoms with Crippen molar-refractivity contribution in [1.29, 1.82) is 0 Å². The molecule has 2 heteroatoms. The Labute approximate surface area is 75.4 Å². The van der Waals surface area contributed by atoms with Gasteiger partial charge in [-0.2, -0.15) is 0 Å². The monoisotopic (exact) mass is 171 g/mol. The van der Waals surface area contributed by atoms with Crippen LogP contribution in [0.2, 0.25) is 0 Å². The topological polar surface area (TPSA) is 32.3 Å². The maximum absolute atomic E-state index is 9.04. The molecular weight excluding hydrogens is 150 g/mol. The molecule has 0 bridgehead atoms. The number of hydrogen-bond acceptors (Lipinski definition) is 2. The van der Waals surface area contributed by atoms with Gasteiger partial charge in [-0.15, -0.1) is 0 Å². The fourth-order valence-electron chi connectivity index (χ4n) is 1.56. The third-order valence-corrected chi connectivity index (χ3v) is 2.54. The highest BCUT2D eigenvalue weighted by Crippen LogP contribution is 2.25. The minimum atomic E-state index is 0.00176. The minimum Gasteiger partial charge on any atom is -0.393 e. The van der Waals surface area contributed by atoms with E-state index in [2.05, 4.69) is 19.2 Å². The van der Waals surface area contributed by atoms with E-state index in [1.165, 1.54) is 6.42 Å². The van der Waals surface area contributed by atoms with Crippen molar-refractivity contribution in [3.05, 3.63) is 0 Å². The van der Waals surface area contributed by atoms with Crippen molar-refractivity contribution >= 4 is 0 Å². The molecule has 0 unspecified atom stereocenters. The van der Waals surface area contributed by atoms with Gasteiger partial charge in [0.05, 0.1) is 6.10 Å². The lowest BCUT2D eigenvalue weighted by atomic mass is 9.82. The van der Waals surface area contributed by atoms with Crippen LogP contribution in [-0.2, 0) is 0 Å². The summed E-state index contributed by atoms with van der Waals surface area (Å²) in [5.41, 5.74) is 0. The van der Waals surface area contributed by atoms with Crippen LogP contribution in [0.15, 0.2) is 0 Å². The van der Waals surface area contributed by atoms with Crippen molar-refractivity contribution in [3.63, 3.8) is 0 Å². The summed E-state index contributed by atoms with van der Waals surface area (Å²) in [5.74, 6) is 1.54. The van der Waals surface area contributed by atoms with E-state index < -0.39 is 0 Å². The van der Waals surface area contributed by atoms with E-state index in [0.717, 1.165) is 37.8 Å². The van der Waals surface area contributed by atoms with Crippen molar-refractivity contribution in [2.45, 2.75) is 39.2 Å². The van der Waals surface area contributed by atoms with Gasteiger partial charge in [-0.05, 0) is 44.2 Å². The Hall–Kier alpha value is -0.0800. The maximum Gasteiger partial charge on any atom is 0.0546 e. The maximum atomic E-state index is 9.04. The summed E-state index contributed by atoms with van der Waals surface area (Å²) in [4.78, 5) is 0. The zero-order valence-corrected chi connectivity index (χ0v) is 8.21. The quantitative estimate of drug-likeness (QED) is 0.613. The van der Waals surface area contributed by atoms with Crippen LogP contribution < -0.4 is 5.32 Å². The average Bonchev–Trinajstić information content (AvgIpc) is 1.93. The van der Waals surface area contributed by atoms with Gasteiger partial charge < -0.3 is 10.4 Å². The van der Waals surface area contributed by atoms with Crippen LogP contribution in [-0.4, -0.2) is 24.3 Å². The van der Waals surface area contributed by atoms with E-state index in [1.54, 1.807) is 0 Å². The molecule has 0 amide bonds. The number of aliphatic hydroxyl groups is 1. The molecule has 0 aromatic carbocycles. The fourth-order valence-corrected chi connectivity index (χ4v) is 1.56. The van der Waals surface area contributed by atoms with Crippen molar-refractivity contribution in [2.75, 3.05) is 13.1 Å². The van der Waals surface area contributed by atoms with Crippen molar-refractivity contribution in [1.82, 2.24) is 5.32 Å². The molecule has 1 rings (SSSR count). The first-order valence-corrected chi connectivity index (χ1v) is 5.07. The first-order valence-electron chi connectivity index (χ1n) is 5.07. The molecule has 1 aliphatic rings. The standard InChI is InChI=1S/C10H21NO/c1-8(2)3-4-11-7-9-5-10(12)6-9/h8-12H,3-7H2,1-2H3. The zero-order valence-electron chi connectivity index (χ0n) is 8.21. The van der Waals surface area contributed by atoms with Gasteiger partial charge in [-0.1, -0.05) is 13.8 Å². The van der Waals surface area contributed by atoms with Gasteiger partial charge in [0.1, 0.15) is 0 Å². The van der Waals surface area contributed by atoms with E-state index in [1.807, 2.05) is 0 Å². The molecule has 2 nitrogen and oxygen atoms in total. The molecule has 1 saturated carbocycles. The molecule has 0 heterocycles. The summed E-state index contributed by atoms with van der Waals surface area (Å²) < 4.78 is 0. The lowest BCUT2D eigenvalue weighted by Gasteiger charge is -2.31. The second-order valence-corrected chi connectivity index (χ2v) is 4.38. The van der Waals surface area contributed by atoms with E-state index in [9.17, 15) is 0 Å². The summed E-state index contributed by atoms with van der Waals surface area (Å²) in [6, 6.07) is 0. The van der Waals surface area contributed by atoms with Crippen LogP contribution in [0.5, 0.6) is 0 Å². The number of nitrogens with one attached hydrogen (secondary N) is 1. The second kappa shape index (κ2) is 4.83. The fraction of sp³-hybridized carbons (Fsp3) is 1.00. The molecule has 0 aliphatic heterocycles. The second-order valence-electron chi connectivity index (χ2n) is 4.38. The van der Waals surface area contributed by atoms with Crippen LogP contribution in [0.4, 0.5) is 0 Å². The Morgan fingerprint density at radius 2 is 2.08 bits per heavy atom. The predicted molar refractivity (Wildman–Crippen MR) is 51.1 cm³/mol. The molecule has 0 spiro atoms. The van der Waals surface area contributed by atoms with Gasteiger partial charge >= 0.3 is 0 Å². The van der Waals surface area contributed by atoms with Gasteiger partial charge in [-0.3, -0.25) is 0 Å². The van der Waals surface area contributed by atoms with E-state index in [-0.39, 0.29) is 6.10 Å². The number of rotatable bonds is 5. The van der Waals surface area contributed by atoms with Gasteiger partial charge in [-0.25, -0.2) is 0 Å². The van der Waals surface area contributed by atoms with E-state index in [4.69, 9.17) is 5.11 Å². The summed E-state index contributed by atoms with van der Waals surface area (Å²) in [5, 5.41) is 12.5. The lowest BCUT2D eigenvalue weighted by molar-refractivity contribution is 0.0430. The van der Waals surface area contributed by atoms with Crippen LogP contribution in [0.25, 0.3) is 0 Å². The number of aliphatic hydroxyl groups excluding tert-OH is 1. The summed E-state index contributed by atoms with van der Waals surface area (Å²) >= 11 is 0. The molecule has 0 radical (unpaired) electrons. The van der Waals surface area contributed by atoms with Crippen LogP contribution in [0.3, 0.4) is 0 Å². The van der Waals surface area contributed by atoms with Crippen molar-refractivity contribution in [3.8, 4) is 0 Å². The van der Waals surface area contributed by atoms with Gasteiger partial charge in [0.25, 0.3) is 0 Å². The third-order valence-electron chi connectivity index (χ3n) is 2.54. The highest BCUT2D eigenvalue weighted by molar-refractivity contribution is 4.79. The smallest absolute Gasteiger partial charge is 0.0546 e. The Bertz CT molecular complexity index is 119. The van der Waals surface area contributed by atoms with Crippen LogP contribution in [0.1, 0.15) is 33.1 Å². The Balaban J connectivity index is 1.83. The predicted octanol–water partition coefficient (Wildman–Crippen LogP) is 1.39.